The highest BCUT2D eigenvalue weighted by atomic mass is 16.5. The molecule has 5 nitrogen and oxygen atoms in total. The van der Waals surface area contributed by atoms with Gasteiger partial charge in [0.15, 0.2) is 0 Å². The Hall–Kier alpha value is -2.82. The number of rotatable bonds is 4. The van der Waals surface area contributed by atoms with Gasteiger partial charge in [0.1, 0.15) is 17.9 Å². The number of carboxylic acid groups (broad SMARTS) is 1. The number of carboxylic acids is 1. The first kappa shape index (κ1) is 13.2. The topological polar surface area (TPSA) is 72.6 Å². The van der Waals surface area contributed by atoms with Gasteiger partial charge in [-0.05, 0) is 25.1 Å². The number of hydrogen-bond acceptors (Lipinski definition) is 4. The van der Waals surface area contributed by atoms with Crippen LogP contribution < -0.4 is 4.74 Å². The van der Waals surface area contributed by atoms with Crippen LogP contribution in [0.25, 0.3) is 11.0 Å². The molecule has 2 heterocycles. The van der Waals surface area contributed by atoms with Crippen LogP contribution in [0.1, 0.15) is 21.8 Å². The van der Waals surface area contributed by atoms with Crippen LogP contribution >= 0.6 is 0 Å². The van der Waals surface area contributed by atoms with Crippen LogP contribution in [-0.2, 0) is 6.61 Å². The summed E-state index contributed by atoms with van der Waals surface area (Å²) in [7, 11) is 0. The van der Waals surface area contributed by atoms with Crippen LogP contribution in [0.3, 0.4) is 0 Å². The Morgan fingerprint density at radius 1 is 1.29 bits per heavy atom. The standard InChI is InChI=1S/C16H13NO4/c1-10-6-7-11(8-17-10)20-9-13-12-4-2-3-5-14(12)21-15(13)16(18)19/h2-8H,9H2,1H3,(H,18,19). The molecule has 0 unspecified atom stereocenters. The van der Waals surface area contributed by atoms with Crippen molar-refractivity contribution < 1.29 is 19.1 Å². The quantitative estimate of drug-likeness (QED) is 0.794. The fraction of sp³-hybridized carbons (Fsp3) is 0.125. The van der Waals surface area contributed by atoms with Gasteiger partial charge in [-0.3, -0.25) is 4.98 Å². The van der Waals surface area contributed by atoms with Crippen molar-refractivity contribution in [2.45, 2.75) is 13.5 Å². The third kappa shape index (κ3) is 2.58. The van der Waals surface area contributed by atoms with Crippen molar-refractivity contribution in [2.75, 3.05) is 0 Å². The number of aromatic carboxylic acids is 1. The molecule has 0 bridgehead atoms. The number of benzene rings is 1. The highest BCUT2D eigenvalue weighted by molar-refractivity contribution is 5.95. The molecule has 0 radical (unpaired) electrons. The summed E-state index contributed by atoms with van der Waals surface area (Å²) in [6, 6.07) is 10.8. The molecule has 0 saturated heterocycles. The third-order valence-electron chi connectivity index (χ3n) is 3.16. The highest BCUT2D eigenvalue weighted by Gasteiger charge is 2.20. The lowest BCUT2D eigenvalue weighted by atomic mass is 10.1. The maximum absolute atomic E-state index is 11.3. The minimum absolute atomic E-state index is 0.0868. The lowest BCUT2D eigenvalue weighted by Gasteiger charge is -2.05. The second kappa shape index (κ2) is 5.28. The first-order valence-corrected chi connectivity index (χ1v) is 6.44. The van der Waals surface area contributed by atoms with Gasteiger partial charge in [0.25, 0.3) is 0 Å². The summed E-state index contributed by atoms with van der Waals surface area (Å²) in [5.74, 6) is -0.606. The minimum Gasteiger partial charge on any atom is -0.487 e. The Kier molecular flexibility index (Phi) is 3.31. The van der Waals surface area contributed by atoms with Gasteiger partial charge in [0.05, 0.1) is 11.8 Å². The van der Waals surface area contributed by atoms with Gasteiger partial charge in [-0.2, -0.15) is 0 Å². The monoisotopic (exact) mass is 283 g/mol. The molecule has 0 aliphatic rings. The number of fused-ring (bicyclic) bond motifs is 1. The first-order chi connectivity index (χ1) is 10.1. The van der Waals surface area contributed by atoms with Crippen molar-refractivity contribution in [1.29, 1.82) is 0 Å². The first-order valence-electron chi connectivity index (χ1n) is 6.44. The Balaban J connectivity index is 1.93. The summed E-state index contributed by atoms with van der Waals surface area (Å²) in [4.78, 5) is 15.4. The van der Waals surface area contributed by atoms with Gasteiger partial charge >= 0.3 is 5.97 Å². The maximum Gasteiger partial charge on any atom is 0.372 e. The van der Waals surface area contributed by atoms with Crippen molar-refractivity contribution >= 4 is 16.9 Å². The summed E-state index contributed by atoms with van der Waals surface area (Å²) < 4.78 is 11.0. The average Bonchev–Trinajstić information content (AvgIpc) is 2.86. The fourth-order valence-electron chi connectivity index (χ4n) is 2.11. The molecule has 106 valence electrons. The molecule has 0 spiro atoms. The van der Waals surface area contributed by atoms with Crippen molar-refractivity contribution in [2.24, 2.45) is 0 Å². The van der Waals surface area contributed by atoms with E-state index in [0.29, 0.717) is 16.9 Å². The molecule has 3 aromatic rings. The zero-order chi connectivity index (χ0) is 14.8. The number of furan rings is 1. The molecule has 1 aromatic carbocycles. The maximum atomic E-state index is 11.3. The van der Waals surface area contributed by atoms with E-state index in [2.05, 4.69) is 4.98 Å². The summed E-state index contributed by atoms with van der Waals surface area (Å²) in [5.41, 5.74) is 1.96. The van der Waals surface area contributed by atoms with E-state index in [1.807, 2.05) is 25.1 Å². The van der Waals surface area contributed by atoms with E-state index in [1.54, 1.807) is 24.4 Å². The number of hydrogen-bond donors (Lipinski definition) is 1. The molecule has 5 heteroatoms. The van der Waals surface area contributed by atoms with E-state index in [9.17, 15) is 9.90 Å². The predicted octanol–water partition coefficient (Wildman–Crippen LogP) is 3.41. The molecular weight excluding hydrogens is 270 g/mol. The van der Waals surface area contributed by atoms with Gasteiger partial charge in [0.2, 0.25) is 5.76 Å². The molecule has 0 saturated carbocycles. The molecule has 0 aliphatic heterocycles. The fourth-order valence-corrected chi connectivity index (χ4v) is 2.11. The van der Waals surface area contributed by atoms with E-state index in [1.165, 1.54) is 0 Å². The van der Waals surface area contributed by atoms with Crippen LogP contribution in [0.4, 0.5) is 0 Å². The van der Waals surface area contributed by atoms with Crippen LogP contribution in [0.5, 0.6) is 5.75 Å². The van der Waals surface area contributed by atoms with Gasteiger partial charge in [-0.15, -0.1) is 0 Å². The van der Waals surface area contributed by atoms with E-state index >= 15 is 0 Å². The Labute approximate surface area is 120 Å². The minimum atomic E-state index is -1.10. The third-order valence-corrected chi connectivity index (χ3v) is 3.16. The van der Waals surface area contributed by atoms with Crippen LogP contribution in [0, 0.1) is 6.92 Å². The van der Waals surface area contributed by atoms with E-state index in [4.69, 9.17) is 9.15 Å². The molecule has 3 rings (SSSR count). The summed E-state index contributed by atoms with van der Waals surface area (Å²) in [6.07, 6.45) is 1.61. The van der Waals surface area contributed by atoms with Crippen molar-refractivity contribution in [1.82, 2.24) is 4.98 Å². The lowest BCUT2D eigenvalue weighted by Crippen LogP contribution is -2.03. The van der Waals surface area contributed by atoms with E-state index in [-0.39, 0.29) is 12.4 Å². The molecule has 0 aliphatic carbocycles. The SMILES string of the molecule is Cc1ccc(OCc2c(C(=O)O)oc3ccccc23)cn1. The molecule has 0 atom stereocenters. The predicted molar refractivity (Wildman–Crippen MR) is 76.5 cm³/mol. The molecule has 1 N–H and O–H groups in total. The normalized spacial score (nSPS) is 10.7. The zero-order valence-electron chi connectivity index (χ0n) is 11.4. The lowest BCUT2D eigenvalue weighted by molar-refractivity contribution is 0.0661. The number of aromatic nitrogens is 1. The Morgan fingerprint density at radius 2 is 2.10 bits per heavy atom. The Bertz CT molecular complexity index is 790. The number of carbonyl (C=O) groups is 1. The van der Waals surface area contributed by atoms with E-state index in [0.717, 1.165) is 11.1 Å². The van der Waals surface area contributed by atoms with Crippen molar-refractivity contribution in [3.63, 3.8) is 0 Å². The summed E-state index contributed by atoms with van der Waals surface area (Å²) >= 11 is 0. The molecular formula is C16H13NO4. The number of pyridine rings is 1. The van der Waals surface area contributed by atoms with Gasteiger partial charge in [-0.1, -0.05) is 18.2 Å². The molecule has 0 fully saturated rings. The van der Waals surface area contributed by atoms with E-state index < -0.39 is 5.97 Å². The largest absolute Gasteiger partial charge is 0.487 e. The van der Waals surface area contributed by atoms with Crippen molar-refractivity contribution in [3.8, 4) is 5.75 Å². The number of ether oxygens (including phenoxy) is 1. The van der Waals surface area contributed by atoms with Crippen LogP contribution in [0.2, 0.25) is 0 Å². The molecule has 0 amide bonds. The zero-order valence-corrected chi connectivity index (χ0v) is 11.4. The summed E-state index contributed by atoms with van der Waals surface area (Å²) in [5, 5.41) is 9.98. The second-order valence-electron chi connectivity index (χ2n) is 4.64. The van der Waals surface area contributed by atoms with Gasteiger partial charge in [0, 0.05) is 11.1 Å². The number of para-hydroxylation sites is 1. The number of aryl methyl sites for hydroxylation is 1. The van der Waals surface area contributed by atoms with Gasteiger partial charge < -0.3 is 14.3 Å². The number of nitrogens with zero attached hydrogens (tertiary/aromatic N) is 1. The molecule has 21 heavy (non-hydrogen) atoms. The highest BCUT2D eigenvalue weighted by Crippen LogP contribution is 2.27. The smallest absolute Gasteiger partial charge is 0.372 e. The average molecular weight is 283 g/mol. The van der Waals surface area contributed by atoms with Crippen LogP contribution in [0.15, 0.2) is 47.0 Å². The van der Waals surface area contributed by atoms with Crippen molar-refractivity contribution in [3.05, 3.63) is 59.6 Å². The van der Waals surface area contributed by atoms with Gasteiger partial charge in [-0.25, -0.2) is 4.79 Å². The summed E-state index contributed by atoms with van der Waals surface area (Å²) in [6.45, 7) is 2.00. The second-order valence-corrected chi connectivity index (χ2v) is 4.64. The van der Waals surface area contributed by atoms with Crippen LogP contribution in [-0.4, -0.2) is 16.1 Å². The molecule has 2 aromatic heterocycles. The Morgan fingerprint density at radius 3 is 2.81 bits per heavy atom.